The lowest BCUT2D eigenvalue weighted by Crippen LogP contribution is -2.63. The van der Waals surface area contributed by atoms with Gasteiger partial charge in [0.05, 0.1) is 36.5 Å². The van der Waals surface area contributed by atoms with Crippen LogP contribution in [0.2, 0.25) is 0 Å². The molecule has 0 N–H and O–H groups in total. The van der Waals surface area contributed by atoms with E-state index in [1.807, 2.05) is 12.1 Å². The largest absolute Gasteiger partial charge is 0.379 e. The van der Waals surface area contributed by atoms with Gasteiger partial charge in [-0.15, -0.1) is 0 Å². The molecular weight excluding hydrogens is 378 g/mol. The molecule has 2 atom stereocenters. The van der Waals surface area contributed by atoms with Crippen molar-refractivity contribution < 1.29 is 9.47 Å². The van der Waals surface area contributed by atoms with Gasteiger partial charge in [0.2, 0.25) is 0 Å². The third kappa shape index (κ3) is 3.88. The Kier molecular flexibility index (Phi) is 5.57. The lowest BCUT2D eigenvalue weighted by atomic mass is 10.0. The molecule has 1 aromatic carbocycles. The lowest BCUT2D eigenvalue weighted by Gasteiger charge is -2.48. The van der Waals surface area contributed by atoms with Crippen LogP contribution in [0.3, 0.4) is 0 Å². The summed E-state index contributed by atoms with van der Waals surface area (Å²) >= 11 is 0. The molecule has 0 amide bonds. The number of fused-ring (bicyclic) bond motifs is 1. The minimum atomic E-state index is 0.169. The van der Waals surface area contributed by atoms with Crippen molar-refractivity contribution >= 4 is 16.6 Å². The van der Waals surface area contributed by atoms with Crippen LogP contribution in [0.5, 0.6) is 0 Å². The molecule has 0 unspecified atom stereocenters. The van der Waals surface area contributed by atoms with Crippen LogP contribution in [0, 0.1) is 11.3 Å². The maximum absolute atomic E-state index is 9.43. The van der Waals surface area contributed by atoms with Gasteiger partial charge in [-0.25, -0.2) is 0 Å². The molecule has 0 spiro atoms. The fourth-order valence-electron chi connectivity index (χ4n) is 5.02. The summed E-state index contributed by atoms with van der Waals surface area (Å²) in [5.74, 6) is 0. The Hall–Kier alpha value is -2.24. The summed E-state index contributed by atoms with van der Waals surface area (Å²) in [7, 11) is 0. The smallest absolute Gasteiger partial charge is 0.101 e. The molecule has 1 aromatic heterocycles. The lowest BCUT2D eigenvalue weighted by molar-refractivity contribution is -0.0704. The zero-order valence-electron chi connectivity index (χ0n) is 17.5. The fourth-order valence-corrected chi connectivity index (χ4v) is 5.02. The van der Waals surface area contributed by atoms with E-state index in [1.54, 1.807) is 6.20 Å². The maximum atomic E-state index is 9.43. The molecular formula is C23H29N5O2. The van der Waals surface area contributed by atoms with E-state index in [-0.39, 0.29) is 12.2 Å². The molecule has 3 aliphatic heterocycles. The summed E-state index contributed by atoms with van der Waals surface area (Å²) in [5.41, 5.74) is 2.55. The molecule has 3 aliphatic rings. The number of hydrogen-bond acceptors (Lipinski definition) is 7. The van der Waals surface area contributed by atoms with Gasteiger partial charge in [-0.1, -0.05) is 0 Å². The third-order valence-electron chi connectivity index (χ3n) is 6.50. The molecule has 3 saturated heterocycles. The van der Waals surface area contributed by atoms with Gasteiger partial charge in [-0.3, -0.25) is 14.8 Å². The van der Waals surface area contributed by atoms with Crippen molar-refractivity contribution in [2.75, 3.05) is 63.9 Å². The van der Waals surface area contributed by atoms with Gasteiger partial charge >= 0.3 is 0 Å². The van der Waals surface area contributed by atoms with Gasteiger partial charge in [0.25, 0.3) is 0 Å². The van der Waals surface area contributed by atoms with Crippen molar-refractivity contribution in [2.45, 2.75) is 25.2 Å². The van der Waals surface area contributed by atoms with Crippen LogP contribution in [-0.2, 0) is 9.47 Å². The maximum Gasteiger partial charge on any atom is 0.101 e. The molecule has 5 rings (SSSR count). The van der Waals surface area contributed by atoms with Crippen LogP contribution in [0.25, 0.3) is 10.9 Å². The number of benzene rings is 1. The summed E-state index contributed by atoms with van der Waals surface area (Å²) in [5, 5.41) is 10.5. The van der Waals surface area contributed by atoms with Crippen LogP contribution < -0.4 is 4.90 Å². The number of anilines is 1. The zero-order valence-corrected chi connectivity index (χ0v) is 17.5. The van der Waals surface area contributed by atoms with Crippen LogP contribution in [0.4, 0.5) is 5.69 Å². The predicted molar refractivity (Wildman–Crippen MR) is 116 cm³/mol. The van der Waals surface area contributed by atoms with E-state index in [4.69, 9.17) is 9.47 Å². The summed E-state index contributed by atoms with van der Waals surface area (Å²) in [6.07, 6.45) is 2.11. The molecule has 0 bridgehead atoms. The summed E-state index contributed by atoms with van der Waals surface area (Å²) in [6, 6.07) is 10.9. The number of rotatable bonds is 4. The first-order chi connectivity index (χ1) is 14.7. The minimum absolute atomic E-state index is 0.169. The Balaban J connectivity index is 1.26. The standard InChI is InChI=1S/C23H29N5O2/c1-17-12-28(22-5-4-18(11-24)23-21(22)3-2-6-25-23)16-20(30-17)15-26-13-19(14-26)27-7-9-29-10-8-27/h2-6,17,19-20H,7-10,12-16H2,1H3/t17-,20+/m1/s1. The van der Waals surface area contributed by atoms with Crippen molar-refractivity contribution in [1.29, 1.82) is 5.26 Å². The number of nitriles is 1. The second kappa shape index (κ2) is 8.48. The van der Waals surface area contributed by atoms with E-state index < -0.39 is 0 Å². The first kappa shape index (κ1) is 19.7. The Labute approximate surface area is 177 Å². The van der Waals surface area contributed by atoms with Crippen molar-refractivity contribution in [1.82, 2.24) is 14.8 Å². The molecule has 0 saturated carbocycles. The molecule has 30 heavy (non-hydrogen) atoms. The van der Waals surface area contributed by atoms with Gasteiger partial charge in [-0.05, 0) is 31.2 Å². The number of ether oxygens (including phenoxy) is 2. The van der Waals surface area contributed by atoms with E-state index in [9.17, 15) is 5.26 Å². The Morgan fingerprint density at radius 3 is 2.77 bits per heavy atom. The highest BCUT2D eigenvalue weighted by Crippen LogP contribution is 2.30. The highest BCUT2D eigenvalue weighted by molar-refractivity contribution is 5.95. The molecule has 0 aliphatic carbocycles. The molecule has 7 heteroatoms. The van der Waals surface area contributed by atoms with Crippen molar-refractivity contribution in [2.24, 2.45) is 0 Å². The number of morpholine rings is 2. The first-order valence-corrected chi connectivity index (χ1v) is 10.9. The second-order valence-electron chi connectivity index (χ2n) is 8.64. The van der Waals surface area contributed by atoms with Crippen molar-refractivity contribution in [3.8, 4) is 6.07 Å². The van der Waals surface area contributed by atoms with Crippen molar-refractivity contribution in [3.63, 3.8) is 0 Å². The highest BCUT2D eigenvalue weighted by Gasteiger charge is 2.35. The van der Waals surface area contributed by atoms with Gasteiger partial charge in [0.1, 0.15) is 6.07 Å². The average Bonchev–Trinajstić information content (AvgIpc) is 2.75. The van der Waals surface area contributed by atoms with E-state index in [0.29, 0.717) is 11.6 Å². The summed E-state index contributed by atoms with van der Waals surface area (Å²) in [6.45, 7) is 10.9. The average molecular weight is 408 g/mol. The van der Waals surface area contributed by atoms with Gasteiger partial charge < -0.3 is 14.4 Å². The molecule has 158 valence electrons. The molecule has 0 radical (unpaired) electrons. The van der Waals surface area contributed by atoms with Gasteiger partial charge in [-0.2, -0.15) is 5.26 Å². The van der Waals surface area contributed by atoms with Crippen LogP contribution in [0.15, 0.2) is 30.5 Å². The number of likely N-dealkylation sites (tertiary alicyclic amines) is 1. The summed E-state index contributed by atoms with van der Waals surface area (Å²) < 4.78 is 11.8. The predicted octanol–water partition coefficient (Wildman–Crippen LogP) is 1.72. The Bertz CT molecular complexity index is 933. The van der Waals surface area contributed by atoms with Crippen molar-refractivity contribution in [3.05, 3.63) is 36.0 Å². The molecule has 4 heterocycles. The van der Waals surface area contributed by atoms with E-state index >= 15 is 0 Å². The topological polar surface area (TPSA) is 64.9 Å². The van der Waals surface area contributed by atoms with Gasteiger partial charge in [0.15, 0.2) is 0 Å². The molecule has 7 nitrogen and oxygen atoms in total. The first-order valence-electron chi connectivity index (χ1n) is 10.9. The SMILES string of the molecule is C[C@@H]1CN(c2ccc(C#N)c3ncccc23)C[C@H](CN2CC(N3CCOCC3)C2)O1. The monoisotopic (exact) mass is 407 g/mol. The van der Waals surface area contributed by atoms with Crippen LogP contribution >= 0.6 is 0 Å². The Morgan fingerprint density at radius 1 is 1.13 bits per heavy atom. The summed E-state index contributed by atoms with van der Waals surface area (Å²) in [4.78, 5) is 11.9. The number of hydrogen-bond donors (Lipinski definition) is 0. The second-order valence-corrected chi connectivity index (χ2v) is 8.64. The normalized spacial score (nSPS) is 26.5. The molecule has 2 aromatic rings. The number of aromatic nitrogens is 1. The fraction of sp³-hybridized carbons (Fsp3) is 0.565. The minimum Gasteiger partial charge on any atom is -0.379 e. The molecule has 3 fully saturated rings. The third-order valence-corrected chi connectivity index (χ3v) is 6.50. The van der Waals surface area contributed by atoms with Gasteiger partial charge in [0, 0.05) is 69.1 Å². The van der Waals surface area contributed by atoms with E-state index in [0.717, 1.165) is 75.6 Å². The van der Waals surface area contributed by atoms with E-state index in [1.165, 1.54) is 0 Å². The van der Waals surface area contributed by atoms with E-state index in [2.05, 4.69) is 44.8 Å². The van der Waals surface area contributed by atoms with Crippen LogP contribution in [0.1, 0.15) is 12.5 Å². The number of nitrogens with zero attached hydrogens (tertiary/aromatic N) is 5. The highest BCUT2D eigenvalue weighted by atomic mass is 16.5. The number of pyridine rings is 1. The zero-order chi connectivity index (χ0) is 20.5. The Morgan fingerprint density at radius 2 is 1.97 bits per heavy atom. The van der Waals surface area contributed by atoms with Crippen LogP contribution in [-0.4, -0.2) is 92.1 Å². The quantitative estimate of drug-likeness (QED) is 0.765.